The van der Waals surface area contributed by atoms with Crippen LogP contribution in [0.4, 0.5) is 5.82 Å². The molecule has 2 heterocycles. The molecule has 0 atom stereocenters. The lowest BCUT2D eigenvalue weighted by molar-refractivity contribution is 0.872. The summed E-state index contributed by atoms with van der Waals surface area (Å²) in [4.78, 5) is 8.76. The Hall–Kier alpha value is -2.47. The number of nitrogen functional groups attached to an aromatic ring is 1. The molecule has 6 heteroatoms. The van der Waals surface area contributed by atoms with Crippen molar-refractivity contribution in [3.63, 3.8) is 0 Å². The number of hydrazine groups is 1. The van der Waals surface area contributed by atoms with E-state index in [9.17, 15) is 0 Å². The lowest BCUT2D eigenvalue weighted by Gasteiger charge is -2.05. The van der Waals surface area contributed by atoms with Crippen molar-refractivity contribution in [1.29, 1.82) is 0 Å². The van der Waals surface area contributed by atoms with Gasteiger partial charge in [0.2, 0.25) is 0 Å². The molecule has 0 amide bonds. The SMILES string of the molecule is Cc1nc(NN)c2c(C)nn(-c3ccccc3)c2n1. The topological polar surface area (TPSA) is 81.6 Å². The number of benzene rings is 1. The Labute approximate surface area is 110 Å². The van der Waals surface area contributed by atoms with E-state index in [4.69, 9.17) is 5.84 Å². The Morgan fingerprint density at radius 3 is 2.53 bits per heavy atom. The summed E-state index contributed by atoms with van der Waals surface area (Å²) in [6.45, 7) is 3.75. The molecule has 96 valence electrons. The van der Waals surface area contributed by atoms with Crippen LogP contribution in [0.25, 0.3) is 16.7 Å². The summed E-state index contributed by atoms with van der Waals surface area (Å²) in [6, 6.07) is 9.87. The van der Waals surface area contributed by atoms with E-state index in [1.807, 2.05) is 44.2 Å². The molecule has 0 spiro atoms. The van der Waals surface area contributed by atoms with Crippen LogP contribution in [0, 0.1) is 13.8 Å². The fourth-order valence-electron chi connectivity index (χ4n) is 2.15. The van der Waals surface area contributed by atoms with E-state index in [2.05, 4.69) is 20.5 Å². The van der Waals surface area contributed by atoms with Gasteiger partial charge in [0.15, 0.2) is 11.5 Å². The van der Waals surface area contributed by atoms with Gasteiger partial charge in [-0.15, -0.1) is 0 Å². The minimum Gasteiger partial charge on any atom is -0.308 e. The number of hydrogen-bond acceptors (Lipinski definition) is 5. The maximum Gasteiger partial charge on any atom is 0.169 e. The predicted octanol–water partition coefficient (Wildman–Crippen LogP) is 1.72. The average Bonchev–Trinajstić information content (AvgIpc) is 2.76. The number of rotatable bonds is 2. The van der Waals surface area contributed by atoms with Crippen molar-refractivity contribution >= 4 is 16.9 Å². The summed E-state index contributed by atoms with van der Waals surface area (Å²) in [6.07, 6.45) is 0. The Morgan fingerprint density at radius 2 is 1.84 bits per heavy atom. The molecule has 0 aliphatic heterocycles. The van der Waals surface area contributed by atoms with Crippen LogP contribution in [0.5, 0.6) is 0 Å². The van der Waals surface area contributed by atoms with Gasteiger partial charge in [0.05, 0.1) is 16.8 Å². The van der Waals surface area contributed by atoms with Gasteiger partial charge >= 0.3 is 0 Å². The van der Waals surface area contributed by atoms with Crippen LogP contribution in [-0.4, -0.2) is 19.7 Å². The van der Waals surface area contributed by atoms with Gasteiger partial charge in [-0.3, -0.25) is 0 Å². The van der Waals surface area contributed by atoms with E-state index in [-0.39, 0.29) is 0 Å². The predicted molar refractivity (Wildman–Crippen MR) is 73.9 cm³/mol. The second-order valence-corrected chi connectivity index (χ2v) is 4.30. The Balaban J connectivity index is 2.36. The summed E-state index contributed by atoms with van der Waals surface area (Å²) in [5.74, 6) is 6.77. The monoisotopic (exact) mass is 254 g/mol. The number of nitrogens with two attached hydrogens (primary N) is 1. The Kier molecular flexibility index (Phi) is 2.64. The van der Waals surface area contributed by atoms with Gasteiger partial charge in [-0.1, -0.05) is 18.2 Å². The van der Waals surface area contributed by atoms with Gasteiger partial charge in [-0.25, -0.2) is 20.5 Å². The van der Waals surface area contributed by atoms with E-state index >= 15 is 0 Å². The molecule has 3 rings (SSSR count). The van der Waals surface area contributed by atoms with E-state index in [1.165, 1.54) is 0 Å². The average molecular weight is 254 g/mol. The third kappa shape index (κ3) is 1.82. The van der Waals surface area contributed by atoms with Crippen LogP contribution < -0.4 is 11.3 Å². The smallest absolute Gasteiger partial charge is 0.169 e. The molecular weight excluding hydrogens is 240 g/mol. The first-order valence-corrected chi connectivity index (χ1v) is 5.96. The highest BCUT2D eigenvalue weighted by Crippen LogP contribution is 2.25. The molecule has 19 heavy (non-hydrogen) atoms. The zero-order valence-corrected chi connectivity index (χ0v) is 10.8. The fraction of sp³-hybridized carbons (Fsp3) is 0.154. The molecule has 0 saturated heterocycles. The highest BCUT2D eigenvalue weighted by molar-refractivity contribution is 5.90. The first-order valence-electron chi connectivity index (χ1n) is 5.96. The van der Waals surface area contributed by atoms with E-state index < -0.39 is 0 Å². The molecule has 0 aliphatic carbocycles. The third-order valence-electron chi connectivity index (χ3n) is 2.95. The summed E-state index contributed by atoms with van der Waals surface area (Å²) in [5.41, 5.74) is 5.17. The van der Waals surface area contributed by atoms with Crippen molar-refractivity contribution in [2.24, 2.45) is 5.84 Å². The van der Waals surface area contributed by atoms with Gasteiger partial charge in [-0.05, 0) is 26.0 Å². The molecule has 0 fully saturated rings. The zero-order chi connectivity index (χ0) is 13.4. The number of nitrogens with zero attached hydrogens (tertiary/aromatic N) is 4. The van der Waals surface area contributed by atoms with Crippen molar-refractivity contribution < 1.29 is 0 Å². The fourth-order valence-corrected chi connectivity index (χ4v) is 2.15. The Bertz CT molecular complexity index is 732. The zero-order valence-electron chi connectivity index (χ0n) is 10.8. The van der Waals surface area contributed by atoms with Crippen molar-refractivity contribution in [2.45, 2.75) is 13.8 Å². The minimum absolute atomic E-state index is 0.599. The standard InChI is InChI=1S/C13H14N6/c1-8-11-12(17-14)15-9(2)16-13(11)19(18-8)10-6-4-3-5-7-10/h3-7H,14H2,1-2H3,(H,15,16,17). The van der Waals surface area contributed by atoms with Gasteiger partial charge in [-0.2, -0.15) is 5.10 Å². The van der Waals surface area contributed by atoms with E-state index in [0.717, 1.165) is 22.4 Å². The molecule has 3 N–H and O–H groups in total. The third-order valence-corrected chi connectivity index (χ3v) is 2.95. The molecule has 0 bridgehead atoms. The van der Waals surface area contributed by atoms with Gasteiger partial charge in [0.25, 0.3) is 0 Å². The van der Waals surface area contributed by atoms with Crippen LogP contribution in [0.2, 0.25) is 0 Å². The lowest BCUT2D eigenvalue weighted by Crippen LogP contribution is -2.10. The normalized spacial score (nSPS) is 10.9. The van der Waals surface area contributed by atoms with Crippen molar-refractivity contribution in [3.8, 4) is 5.69 Å². The molecule has 0 unspecified atom stereocenters. The van der Waals surface area contributed by atoms with Crippen molar-refractivity contribution in [1.82, 2.24) is 19.7 Å². The molecule has 1 aromatic carbocycles. The van der Waals surface area contributed by atoms with Gasteiger partial charge < -0.3 is 5.43 Å². The lowest BCUT2D eigenvalue weighted by atomic mass is 10.3. The molecular formula is C13H14N6. The largest absolute Gasteiger partial charge is 0.308 e. The van der Waals surface area contributed by atoms with Gasteiger partial charge in [0, 0.05) is 0 Å². The van der Waals surface area contributed by atoms with Crippen LogP contribution in [0.15, 0.2) is 30.3 Å². The number of aromatic nitrogens is 4. The van der Waals surface area contributed by atoms with Crippen LogP contribution in [0.1, 0.15) is 11.5 Å². The highest BCUT2D eigenvalue weighted by atomic mass is 15.3. The van der Waals surface area contributed by atoms with E-state index in [0.29, 0.717) is 11.6 Å². The number of nitrogens with one attached hydrogen (secondary N) is 1. The summed E-state index contributed by atoms with van der Waals surface area (Å²) < 4.78 is 1.81. The number of fused-ring (bicyclic) bond motifs is 1. The highest BCUT2D eigenvalue weighted by Gasteiger charge is 2.15. The molecule has 3 aromatic rings. The van der Waals surface area contributed by atoms with E-state index in [1.54, 1.807) is 4.68 Å². The number of para-hydroxylation sites is 1. The molecule has 6 nitrogen and oxygen atoms in total. The van der Waals surface area contributed by atoms with Crippen molar-refractivity contribution in [3.05, 3.63) is 41.9 Å². The number of aryl methyl sites for hydroxylation is 2. The summed E-state index contributed by atoms with van der Waals surface area (Å²) in [7, 11) is 0. The molecule has 2 aromatic heterocycles. The molecule has 0 radical (unpaired) electrons. The van der Waals surface area contributed by atoms with Crippen molar-refractivity contribution in [2.75, 3.05) is 5.43 Å². The summed E-state index contributed by atoms with van der Waals surface area (Å²) in [5, 5.41) is 5.37. The number of anilines is 1. The van der Waals surface area contributed by atoms with Gasteiger partial charge in [0.1, 0.15) is 5.82 Å². The number of hydrogen-bond donors (Lipinski definition) is 2. The maximum absolute atomic E-state index is 5.52. The first kappa shape index (κ1) is 11.6. The molecule has 0 aliphatic rings. The summed E-state index contributed by atoms with van der Waals surface area (Å²) >= 11 is 0. The molecule has 0 saturated carbocycles. The second kappa shape index (κ2) is 4.33. The van der Waals surface area contributed by atoms with Crippen LogP contribution in [0.3, 0.4) is 0 Å². The minimum atomic E-state index is 0.599. The second-order valence-electron chi connectivity index (χ2n) is 4.30. The quantitative estimate of drug-likeness (QED) is 0.537. The Morgan fingerprint density at radius 1 is 1.11 bits per heavy atom. The van der Waals surface area contributed by atoms with Crippen LogP contribution in [-0.2, 0) is 0 Å². The van der Waals surface area contributed by atoms with Crippen LogP contribution >= 0.6 is 0 Å². The maximum atomic E-state index is 5.52. The first-order chi connectivity index (χ1) is 9.20.